The number of allylic oxidation sites excluding steroid dienone is 3. The summed E-state index contributed by atoms with van der Waals surface area (Å²) in [6.45, 7) is 18.5. The Kier molecular flexibility index (Phi) is 15.7. The number of hydrogen-bond acceptors (Lipinski definition) is 8. The van der Waals surface area contributed by atoms with E-state index >= 15 is 0 Å². The van der Waals surface area contributed by atoms with Crippen LogP contribution in [0.2, 0.25) is 0 Å². The highest BCUT2D eigenvalue weighted by Gasteiger charge is 2.41. The van der Waals surface area contributed by atoms with Crippen LogP contribution >= 0.6 is 0 Å². The molecule has 0 radical (unpaired) electrons. The molecule has 13 atom stereocenters. The van der Waals surface area contributed by atoms with Crippen LogP contribution in [0.4, 0.5) is 4.79 Å². The van der Waals surface area contributed by atoms with E-state index in [2.05, 4.69) is 6.58 Å². The SMILES string of the molecule is C=C/C=C\[C@H](C)[C@H](OC(N)=O)[C@H](C)[C@H](O)[C@@H](C)C/C(C)=C\[C@H](C)[C@@H](O)[C@@H](C)/C=C\[C@H](O)C[C@@H]1OC(=O)[C@H](C)[C@@H](O)[C@H]1C. The molecule has 0 saturated carbocycles. The van der Waals surface area contributed by atoms with E-state index in [4.69, 9.17) is 15.2 Å². The molecule has 240 valence electrons. The number of ether oxygens (including phenoxy) is 2. The minimum absolute atomic E-state index is 0.152. The lowest BCUT2D eigenvalue weighted by molar-refractivity contribution is -0.179. The molecule has 0 spiro atoms. The number of aliphatic hydroxyl groups excluding tert-OH is 4. The summed E-state index contributed by atoms with van der Waals surface area (Å²) in [6, 6.07) is 0. The Morgan fingerprint density at radius 1 is 1.02 bits per heavy atom. The molecule has 0 unspecified atom stereocenters. The number of carbonyl (C=O) groups is 2. The second kappa shape index (κ2) is 17.6. The Labute approximate surface area is 252 Å². The molecule has 1 rings (SSSR count). The highest BCUT2D eigenvalue weighted by atomic mass is 16.6. The average Bonchev–Trinajstić information content (AvgIpc) is 2.93. The average molecular weight is 594 g/mol. The fourth-order valence-corrected chi connectivity index (χ4v) is 5.80. The van der Waals surface area contributed by atoms with Gasteiger partial charge in [0.15, 0.2) is 0 Å². The van der Waals surface area contributed by atoms with Crippen molar-refractivity contribution in [3.63, 3.8) is 0 Å². The predicted molar refractivity (Wildman–Crippen MR) is 164 cm³/mol. The summed E-state index contributed by atoms with van der Waals surface area (Å²) in [5.74, 6) is -2.52. The molecule has 0 aromatic rings. The van der Waals surface area contributed by atoms with Gasteiger partial charge in [0.2, 0.25) is 0 Å². The van der Waals surface area contributed by atoms with Crippen LogP contribution < -0.4 is 5.73 Å². The molecule has 0 aliphatic carbocycles. The molecule has 9 heteroatoms. The Morgan fingerprint density at radius 3 is 2.21 bits per heavy atom. The number of cyclic esters (lactones) is 1. The number of carbonyl (C=O) groups excluding carboxylic acids is 2. The molecule has 1 heterocycles. The molecule has 9 nitrogen and oxygen atoms in total. The maximum Gasteiger partial charge on any atom is 0.404 e. The van der Waals surface area contributed by atoms with Crippen LogP contribution in [0.5, 0.6) is 0 Å². The van der Waals surface area contributed by atoms with Crippen molar-refractivity contribution in [1.82, 2.24) is 0 Å². The van der Waals surface area contributed by atoms with Crippen molar-refractivity contribution >= 4 is 12.1 Å². The zero-order valence-corrected chi connectivity index (χ0v) is 26.6. The summed E-state index contributed by atoms with van der Waals surface area (Å²) < 4.78 is 10.8. The van der Waals surface area contributed by atoms with Crippen molar-refractivity contribution in [3.8, 4) is 0 Å². The normalized spacial score (nSPS) is 28.3. The number of hydrogen-bond donors (Lipinski definition) is 5. The maximum absolute atomic E-state index is 12.0. The van der Waals surface area contributed by atoms with Crippen molar-refractivity contribution in [2.75, 3.05) is 0 Å². The summed E-state index contributed by atoms with van der Waals surface area (Å²) in [5, 5.41) is 42.8. The van der Waals surface area contributed by atoms with E-state index in [0.29, 0.717) is 6.42 Å². The van der Waals surface area contributed by atoms with Gasteiger partial charge in [-0.3, -0.25) is 4.79 Å². The van der Waals surface area contributed by atoms with E-state index in [1.807, 2.05) is 53.7 Å². The molecular formula is C33H55NO8. The summed E-state index contributed by atoms with van der Waals surface area (Å²) in [6.07, 6.45) is 6.04. The van der Waals surface area contributed by atoms with Crippen LogP contribution in [0.1, 0.15) is 68.2 Å². The molecule has 1 aliphatic rings. The van der Waals surface area contributed by atoms with Gasteiger partial charge in [-0.1, -0.05) is 90.2 Å². The maximum atomic E-state index is 12.0. The topological polar surface area (TPSA) is 160 Å². The third-order valence-electron chi connectivity index (χ3n) is 8.62. The molecule has 0 aromatic carbocycles. The molecule has 1 saturated heterocycles. The first-order valence-electron chi connectivity index (χ1n) is 15.0. The highest BCUT2D eigenvalue weighted by molar-refractivity contribution is 5.73. The van der Waals surface area contributed by atoms with Crippen LogP contribution in [0, 0.1) is 41.4 Å². The van der Waals surface area contributed by atoms with E-state index in [1.54, 1.807) is 38.2 Å². The van der Waals surface area contributed by atoms with E-state index in [1.165, 1.54) is 0 Å². The number of amides is 1. The van der Waals surface area contributed by atoms with Gasteiger partial charge in [0.25, 0.3) is 0 Å². The van der Waals surface area contributed by atoms with Gasteiger partial charge in [-0.05, 0) is 26.2 Å². The van der Waals surface area contributed by atoms with Gasteiger partial charge < -0.3 is 35.6 Å². The Hall–Kier alpha value is -2.46. The van der Waals surface area contributed by atoms with E-state index in [-0.39, 0.29) is 41.9 Å². The van der Waals surface area contributed by atoms with Gasteiger partial charge in [0.1, 0.15) is 12.2 Å². The third kappa shape index (κ3) is 11.3. The van der Waals surface area contributed by atoms with Crippen molar-refractivity contribution in [2.24, 2.45) is 47.2 Å². The number of esters is 1. The fourth-order valence-electron chi connectivity index (χ4n) is 5.80. The zero-order valence-electron chi connectivity index (χ0n) is 26.6. The van der Waals surface area contributed by atoms with Crippen molar-refractivity contribution in [2.45, 2.75) is 105 Å². The van der Waals surface area contributed by atoms with Crippen LogP contribution in [0.3, 0.4) is 0 Å². The summed E-state index contributed by atoms with van der Waals surface area (Å²) >= 11 is 0. The second-order valence-corrected chi connectivity index (χ2v) is 12.4. The van der Waals surface area contributed by atoms with Gasteiger partial charge in [0.05, 0.1) is 30.3 Å². The van der Waals surface area contributed by atoms with Crippen molar-refractivity contribution in [1.29, 1.82) is 0 Å². The number of rotatable bonds is 16. The third-order valence-corrected chi connectivity index (χ3v) is 8.62. The first-order valence-corrected chi connectivity index (χ1v) is 15.0. The largest absolute Gasteiger partial charge is 0.462 e. The molecule has 1 aliphatic heterocycles. The quantitative estimate of drug-likeness (QED) is 0.101. The van der Waals surface area contributed by atoms with Gasteiger partial charge in [0, 0.05) is 36.0 Å². The van der Waals surface area contributed by atoms with Crippen LogP contribution in [-0.2, 0) is 14.3 Å². The van der Waals surface area contributed by atoms with Crippen LogP contribution in [0.25, 0.3) is 0 Å². The van der Waals surface area contributed by atoms with Crippen LogP contribution in [-0.4, -0.2) is 69.1 Å². The summed E-state index contributed by atoms with van der Waals surface area (Å²) in [5.41, 5.74) is 6.30. The molecule has 0 bridgehead atoms. The predicted octanol–water partition coefficient (Wildman–Crippen LogP) is 4.30. The van der Waals surface area contributed by atoms with Gasteiger partial charge in [-0.15, -0.1) is 0 Å². The molecule has 6 N–H and O–H groups in total. The smallest absolute Gasteiger partial charge is 0.404 e. The minimum Gasteiger partial charge on any atom is -0.462 e. The first kappa shape index (κ1) is 37.6. The minimum atomic E-state index is -0.894. The van der Waals surface area contributed by atoms with Crippen molar-refractivity contribution < 1.29 is 39.5 Å². The lowest BCUT2D eigenvalue weighted by Gasteiger charge is -2.36. The molecule has 1 fully saturated rings. The summed E-state index contributed by atoms with van der Waals surface area (Å²) in [7, 11) is 0. The molecule has 0 aromatic heterocycles. The number of primary amides is 1. The standard InChI is InChI=1S/C33H55NO8/c1-10-11-12-20(4)31(42-33(34)40)24(8)29(37)22(6)16-18(2)15-21(5)28(36)19(3)13-14-26(35)17-27-23(7)30(38)25(9)32(39)41-27/h10-15,19-31,35-38H,1,16-17H2,2-9H3,(H2,34,40)/b12-11-,14-13-,18-15-/t19-,20-,21-,22-,23-,24+,25+,26-,27-,28-,29+,30-,31-/m0/s1. The Balaban J connectivity index is 2.76. The van der Waals surface area contributed by atoms with Gasteiger partial charge in [-0.25, -0.2) is 4.79 Å². The van der Waals surface area contributed by atoms with Gasteiger partial charge >= 0.3 is 12.1 Å². The number of aliphatic hydroxyl groups is 4. The highest BCUT2D eigenvalue weighted by Crippen LogP contribution is 2.30. The number of nitrogens with two attached hydrogens (primary N) is 1. The lowest BCUT2D eigenvalue weighted by atomic mass is 9.81. The second-order valence-electron chi connectivity index (χ2n) is 12.4. The van der Waals surface area contributed by atoms with Crippen LogP contribution in [0.15, 0.2) is 48.6 Å². The zero-order chi connectivity index (χ0) is 32.3. The fraction of sp³-hybridized carbons (Fsp3) is 0.697. The monoisotopic (exact) mass is 593 g/mol. The van der Waals surface area contributed by atoms with E-state index < -0.39 is 54.6 Å². The summed E-state index contributed by atoms with van der Waals surface area (Å²) in [4.78, 5) is 23.5. The lowest BCUT2D eigenvalue weighted by Crippen LogP contribution is -2.47. The Bertz CT molecular complexity index is 962. The van der Waals surface area contributed by atoms with E-state index in [9.17, 15) is 30.0 Å². The molecule has 1 amide bonds. The van der Waals surface area contributed by atoms with E-state index in [0.717, 1.165) is 5.57 Å². The first-order chi connectivity index (χ1) is 19.5. The molecular weight excluding hydrogens is 538 g/mol. The molecule has 42 heavy (non-hydrogen) atoms. The van der Waals surface area contributed by atoms with Crippen molar-refractivity contribution in [3.05, 3.63) is 48.6 Å². The van der Waals surface area contributed by atoms with Gasteiger partial charge in [-0.2, -0.15) is 0 Å². The Morgan fingerprint density at radius 2 is 1.64 bits per heavy atom.